The minimum absolute atomic E-state index is 0.0101. The first-order valence-corrected chi connectivity index (χ1v) is 7.12. The number of benzene rings is 1. The van der Waals surface area contributed by atoms with Crippen molar-refractivity contribution in [2.75, 3.05) is 32.8 Å². The summed E-state index contributed by atoms with van der Waals surface area (Å²) in [5.41, 5.74) is 1.00. The van der Waals surface area contributed by atoms with E-state index in [1.807, 2.05) is 35.2 Å². The summed E-state index contributed by atoms with van der Waals surface area (Å²) in [7, 11) is 0. The highest BCUT2D eigenvalue weighted by Gasteiger charge is 2.28. The lowest BCUT2D eigenvalue weighted by Crippen LogP contribution is -2.39. The zero-order valence-corrected chi connectivity index (χ0v) is 12.2. The van der Waals surface area contributed by atoms with Crippen LogP contribution in [0.5, 0.6) is 0 Å². The number of hydrazone groups is 1. The average Bonchev–Trinajstić information content (AvgIpc) is 2.84. The van der Waals surface area contributed by atoms with Crippen molar-refractivity contribution in [1.29, 1.82) is 0 Å². The van der Waals surface area contributed by atoms with E-state index in [1.54, 1.807) is 6.21 Å². The second-order valence-corrected chi connectivity index (χ2v) is 4.77. The molecule has 5 nitrogen and oxygen atoms in total. The van der Waals surface area contributed by atoms with Gasteiger partial charge >= 0.3 is 6.03 Å². The van der Waals surface area contributed by atoms with Crippen molar-refractivity contribution in [3.8, 4) is 0 Å². The van der Waals surface area contributed by atoms with Crippen molar-refractivity contribution in [3.05, 3.63) is 35.9 Å². The summed E-state index contributed by atoms with van der Waals surface area (Å²) in [4.78, 5) is 16.3. The van der Waals surface area contributed by atoms with Crippen LogP contribution >= 0.6 is 0 Å². The molecule has 0 N–H and O–H groups in total. The maximum Gasteiger partial charge on any atom is 0.341 e. The molecule has 0 radical (unpaired) electrons. The van der Waals surface area contributed by atoms with E-state index in [2.05, 4.69) is 23.8 Å². The Morgan fingerprint density at radius 2 is 1.90 bits per heavy atom. The summed E-state index contributed by atoms with van der Waals surface area (Å²) in [5.74, 6) is 0. The van der Waals surface area contributed by atoms with E-state index in [4.69, 9.17) is 0 Å². The van der Waals surface area contributed by atoms with Gasteiger partial charge in [0.2, 0.25) is 0 Å². The van der Waals surface area contributed by atoms with Gasteiger partial charge in [-0.05, 0) is 18.7 Å². The Hall–Kier alpha value is -1.88. The van der Waals surface area contributed by atoms with Crippen LogP contribution in [0.25, 0.3) is 0 Å². The Morgan fingerprint density at radius 1 is 1.20 bits per heavy atom. The van der Waals surface area contributed by atoms with Gasteiger partial charge in [0, 0.05) is 6.54 Å². The SMILES string of the molecule is CCN(CC)CN1CCN(N=Cc2ccccc2)C1=O. The lowest BCUT2D eigenvalue weighted by Gasteiger charge is -2.24. The molecule has 0 saturated carbocycles. The molecule has 1 fully saturated rings. The quantitative estimate of drug-likeness (QED) is 0.745. The van der Waals surface area contributed by atoms with E-state index >= 15 is 0 Å². The van der Waals surface area contributed by atoms with Gasteiger partial charge in [0.25, 0.3) is 0 Å². The highest BCUT2D eigenvalue weighted by Crippen LogP contribution is 2.10. The highest BCUT2D eigenvalue weighted by molar-refractivity contribution is 5.82. The normalized spacial score (nSPS) is 15.8. The predicted octanol–water partition coefficient (Wildman–Crippen LogP) is 2.06. The maximum absolute atomic E-state index is 12.2. The summed E-state index contributed by atoms with van der Waals surface area (Å²) in [6.45, 7) is 8.19. The molecular weight excluding hydrogens is 252 g/mol. The molecule has 0 unspecified atom stereocenters. The third-order valence-corrected chi connectivity index (χ3v) is 3.48. The fraction of sp³-hybridized carbons (Fsp3) is 0.467. The molecule has 1 saturated heterocycles. The summed E-state index contributed by atoms with van der Waals surface area (Å²) in [6, 6.07) is 9.81. The van der Waals surface area contributed by atoms with Gasteiger partial charge in [0.15, 0.2) is 0 Å². The number of carbonyl (C=O) groups is 1. The molecule has 1 heterocycles. The fourth-order valence-corrected chi connectivity index (χ4v) is 2.15. The van der Waals surface area contributed by atoms with Crippen LogP contribution in [-0.2, 0) is 0 Å². The zero-order valence-electron chi connectivity index (χ0n) is 12.2. The second-order valence-electron chi connectivity index (χ2n) is 4.77. The molecule has 1 aromatic carbocycles. The van der Waals surface area contributed by atoms with Crippen LogP contribution in [0.4, 0.5) is 4.79 Å². The van der Waals surface area contributed by atoms with Crippen LogP contribution < -0.4 is 0 Å². The van der Waals surface area contributed by atoms with Gasteiger partial charge in [-0.2, -0.15) is 5.10 Å². The molecule has 1 aliphatic heterocycles. The third kappa shape index (κ3) is 3.57. The first kappa shape index (κ1) is 14.5. The van der Waals surface area contributed by atoms with Crippen LogP contribution in [0.1, 0.15) is 19.4 Å². The smallest absolute Gasteiger partial charge is 0.308 e. The minimum Gasteiger partial charge on any atom is -0.308 e. The molecule has 108 valence electrons. The molecule has 1 aromatic rings. The van der Waals surface area contributed by atoms with E-state index in [9.17, 15) is 4.79 Å². The molecule has 0 aromatic heterocycles. The number of rotatable bonds is 6. The Labute approximate surface area is 120 Å². The summed E-state index contributed by atoms with van der Waals surface area (Å²) >= 11 is 0. The summed E-state index contributed by atoms with van der Waals surface area (Å²) in [6.07, 6.45) is 1.73. The van der Waals surface area contributed by atoms with Crippen molar-refractivity contribution in [2.45, 2.75) is 13.8 Å². The molecule has 20 heavy (non-hydrogen) atoms. The third-order valence-electron chi connectivity index (χ3n) is 3.48. The number of nitrogens with zero attached hydrogens (tertiary/aromatic N) is 4. The van der Waals surface area contributed by atoms with Gasteiger partial charge in [-0.15, -0.1) is 0 Å². The lowest BCUT2D eigenvalue weighted by molar-refractivity contribution is 0.155. The average molecular weight is 274 g/mol. The van der Waals surface area contributed by atoms with E-state index in [0.717, 1.165) is 25.2 Å². The second kappa shape index (κ2) is 7.05. The van der Waals surface area contributed by atoms with Crippen LogP contribution in [0.15, 0.2) is 35.4 Å². The van der Waals surface area contributed by atoms with Gasteiger partial charge in [0.05, 0.1) is 19.4 Å². The Bertz CT molecular complexity index is 456. The van der Waals surface area contributed by atoms with Crippen molar-refractivity contribution in [1.82, 2.24) is 14.8 Å². The van der Waals surface area contributed by atoms with E-state index in [-0.39, 0.29) is 6.03 Å². The highest BCUT2D eigenvalue weighted by atomic mass is 16.2. The standard InChI is InChI=1S/C15H22N4O/c1-3-17(4-2)13-18-10-11-19(15(18)20)16-12-14-8-6-5-7-9-14/h5-9,12H,3-4,10-11,13H2,1-2H3. The fourth-order valence-electron chi connectivity index (χ4n) is 2.15. The van der Waals surface area contributed by atoms with Crippen molar-refractivity contribution in [2.24, 2.45) is 5.10 Å². The number of hydrogen-bond donors (Lipinski definition) is 0. The number of carbonyl (C=O) groups excluding carboxylic acids is 1. The number of amides is 2. The van der Waals surface area contributed by atoms with E-state index in [0.29, 0.717) is 13.2 Å². The molecule has 1 aliphatic rings. The van der Waals surface area contributed by atoms with E-state index in [1.165, 1.54) is 5.01 Å². The Kier molecular flexibility index (Phi) is 5.12. The molecule has 0 aliphatic carbocycles. The van der Waals surface area contributed by atoms with Crippen LogP contribution in [-0.4, -0.2) is 59.9 Å². The van der Waals surface area contributed by atoms with Gasteiger partial charge in [-0.25, -0.2) is 9.80 Å². The predicted molar refractivity (Wildman–Crippen MR) is 80.6 cm³/mol. The Balaban J connectivity index is 1.92. The largest absolute Gasteiger partial charge is 0.341 e. The van der Waals surface area contributed by atoms with E-state index < -0.39 is 0 Å². The molecule has 0 bridgehead atoms. The molecule has 0 atom stereocenters. The monoisotopic (exact) mass is 274 g/mol. The van der Waals surface area contributed by atoms with Gasteiger partial charge in [-0.3, -0.25) is 4.90 Å². The van der Waals surface area contributed by atoms with Crippen LogP contribution in [0, 0.1) is 0 Å². The zero-order chi connectivity index (χ0) is 14.4. The van der Waals surface area contributed by atoms with Gasteiger partial charge in [0.1, 0.15) is 0 Å². The summed E-state index contributed by atoms with van der Waals surface area (Å²) < 4.78 is 0. The minimum atomic E-state index is -0.0101. The molecular formula is C15H22N4O. The number of hydrogen-bond acceptors (Lipinski definition) is 3. The van der Waals surface area contributed by atoms with Crippen molar-refractivity contribution < 1.29 is 4.79 Å². The van der Waals surface area contributed by atoms with Gasteiger partial charge < -0.3 is 4.90 Å². The lowest BCUT2D eigenvalue weighted by atomic mass is 10.2. The summed E-state index contributed by atoms with van der Waals surface area (Å²) in [5, 5.41) is 5.82. The maximum atomic E-state index is 12.2. The van der Waals surface area contributed by atoms with Crippen molar-refractivity contribution in [3.63, 3.8) is 0 Å². The molecule has 0 spiro atoms. The molecule has 2 amide bonds. The van der Waals surface area contributed by atoms with Crippen LogP contribution in [0.2, 0.25) is 0 Å². The number of urea groups is 1. The first-order valence-electron chi connectivity index (χ1n) is 7.12. The molecule has 2 rings (SSSR count). The van der Waals surface area contributed by atoms with Crippen molar-refractivity contribution >= 4 is 12.2 Å². The Morgan fingerprint density at radius 3 is 2.55 bits per heavy atom. The first-order chi connectivity index (χ1) is 9.74. The molecule has 5 heteroatoms. The van der Waals surface area contributed by atoms with Gasteiger partial charge in [-0.1, -0.05) is 44.2 Å². The van der Waals surface area contributed by atoms with Crippen LogP contribution in [0.3, 0.4) is 0 Å². The topological polar surface area (TPSA) is 39.1 Å².